The standard InChI is InChI=1S/C17H15BrFNO3S/c1-11(17-9-12-5-3-4-6-16(12)23-17)20(2)24(21,22)13-7-8-15(19)14(18)10-13/h3-11H,1-2H3. The number of hydrogen-bond donors (Lipinski definition) is 0. The zero-order valence-corrected chi connectivity index (χ0v) is 15.4. The van der Waals surface area contributed by atoms with E-state index in [1.807, 2.05) is 30.3 Å². The van der Waals surface area contributed by atoms with E-state index >= 15 is 0 Å². The van der Waals surface area contributed by atoms with Crippen molar-refractivity contribution in [2.75, 3.05) is 7.05 Å². The molecule has 3 rings (SSSR count). The van der Waals surface area contributed by atoms with E-state index in [0.29, 0.717) is 11.3 Å². The van der Waals surface area contributed by atoms with Crippen molar-refractivity contribution >= 4 is 36.9 Å². The van der Waals surface area contributed by atoms with E-state index in [0.717, 1.165) is 11.5 Å². The SMILES string of the molecule is CC(c1cc2ccccc2o1)N(C)S(=O)(=O)c1ccc(F)c(Br)c1. The van der Waals surface area contributed by atoms with Gasteiger partial charge in [0.2, 0.25) is 10.0 Å². The zero-order chi connectivity index (χ0) is 17.5. The molecule has 0 fully saturated rings. The molecular formula is C17H15BrFNO3S. The monoisotopic (exact) mass is 411 g/mol. The molecule has 0 saturated carbocycles. The topological polar surface area (TPSA) is 50.5 Å². The van der Waals surface area contributed by atoms with Crippen LogP contribution in [0.15, 0.2) is 62.3 Å². The third kappa shape index (κ3) is 2.99. The Morgan fingerprint density at radius 2 is 1.88 bits per heavy atom. The van der Waals surface area contributed by atoms with Gasteiger partial charge in [0.05, 0.1) is 15.4 Å². The number of furan rings is 1. The van der Waals surface area contributed by atoms with Crippen LogP contribution in [0.3, 0.4) is 0 Å². The minimum atomic E-state index is -3.79. The quantitative estimate of drug-likeness (QED) is 0.624. The molecular weight excluding hydrogens is 397 g/mol. The normalized spacial score (nSPS) is 13.5. The lowest BCUT2D eigenvalue weighted by atomic mass is 10.2. The summed E-state index contributed by atoms with van der Waals surface area (Å²) in [6.45, 7) is 1.74. The number of nitrogens with zero attached hydrogens (tertiary/aromatic N) is 1. The zero-order valence-electron chi connectivity index (χ0n) is 13.0. The van der Waals surface area contributed by atoms with E-state index in [2.05, 4.69) is 15.9 Å². The Balaban J connectivity index is 1.96. The molecule has 1 aromatic heterocycles. The molecule has 0 radical (unpaired) electrons. The molecule has 1 unspecified atom stereocenters. The molecule has 0 saturated heterocycles. The van der Waals surface area contributed by atoms with Crippen molar-refractivity contribution < 1.29 is 17.2 Å². The Hall–Kier alpha value is -1.70. The van der Waals surface area contributed by atoms with Crippen LogP contribution in [-0.4, -0.2) is 19.8 Å². The van der Waals surface area contributed by atoms with Crippen molar-refractivity contribution in [2.45, 2.75) is 17.9 Å². The van der Waals surface area contributed by atoms with Crippen molar-refractivity contribution in [3.63, 3.8) is 0 Å². The van der Waals surface area contributed by atoms with Gasteiger partial charge in [0.1, 0.15) is 17.2 Å². The van der Waals surface area contributed by atoms with E-state index < -0.39 is 21.9 Å². The maximum atomic E-state index is 13.4. The van der Waals surface area contributed by atoms with Gasteiger partial charge in [-0.05, 0) is 53.2 Å². The summed E-state index contributed by atoms with van der Waals surface area (Å²) in [7, 11) is -2.31. The fourth-order valence-electron chi connectivity index (χ4n) is 2.40. The third-order valence-electron chi connectivity index (χ3n) is 3.97. The second-order valence-corrected chi connectivity index (χ2v) is 8.31. The van der Waals surface area contributed by atoms with Gasteiger partial charge in [-0.1, -0.05) is 18.2 Å². The molecule has 0 N–H and O–H groups in total. The van der Waals surface area contributed by atoms with Gasteiger partial charge < -0.3 is 4.42 Å². The van der Waals surface area contributed by atoms with Crippen molar-refractivity contribution in [2.24, 2.45) is 0 Å². The van der Waals surface area contributed by atoms with Crippen LogP contribution in [0.2, 0.25) is 0 Å². The lowest BCUT2D eigenvalue weighted by molar-refractivity contribution is 0.348. The first-order valence-corrected chi connectivity index (χ1v) is 9.45. The number of halogens is 2. The average molecular weight is 412 g/mol. The van der Waals surface area contributed by atoms with Gasteiger partial charge in [-0.3, -0.25) is 0 Å². The van der Waals surface area contributed by atoms with Crippen LogP contribution in [0.4, 0.5) is 4.39 Å². The van der Waals surface area contributed by atoms with Crippen LogP contribution in [-0.2, 0) is 10.0 Å². The smallest absolute Gasteiger partial charge is 0.243 e. The van der Waals surface area contributed by atoms with Crippen LogP contribution >= 0.6 is 15.9 Å². The summed E-state index contributed by atoms with van der Waals surface area (Å²) in [5.41, 5.74) is 0.703. The minimum absolute atomic E-state index is 0.0150. The third-order valence-corrected chi connectivity index (χ3v) is 6.50. The van der Waals surface area contributed by atoms with Gasteiger partial charge >= 0.3 is 0 Å². The van der Waals surface area contributed by atoms with Crippen LogP contribution < -0.4 is 0 Å². The molecule has 126 valence electrons. The highest BCUT2D eigenvalue weighted by atomic mass is 79.9. The molecule has 7 heteroatoms. The number of benzene rings is 2. The molecule has 24 heavy (non-hydrogen) atoms. The Morgan fingerprint density at radius 3 is 2.54 bits per heavy atom. The second kappa shape index (κ2) is 6.31. The van der Waals surface area contributed by atoms with Gasteiger partial charge in [-0.15, -0.1) is 0 Å². The summed E-state index contributed by atoms with van der Waals surface area (Å²) in [6.07, 6.45) is 0. The highest BCUT2D eigenvalue weighted by molar-refractivity contribution is 9.10. The maximum Gasteiger partial charge on any atom is 0.243 e. The number of fused-ring (bicyclic) bond motifs is 1. The summed E-state index contributed by atoms with van der Waals surface area (Å²) in [5, 5.41) is 0.912. The first-order valence-electron chi connectivity index (χ1n) is 7.22. The van der Waals surface area contributed by atoms with Gasteiger partial charge in [0.25, 0.3) is 0 Å². The largest absolute Gasteiger partial charge is 0.459 e. The van der Waals surface area contributed by atoms with Crippen LogP contribution in [0.1, 0.15) is 18.7 Å². The fraction of sp³-hybridized carbons (Fsp3) is 0.176. The Morgan fingerprint density at radius 1 is 1.17 bits per heavy atom. The molecule has 4 nitrogen and oxygen atoms in total. The van der Waals surface area contributed by atoms with Crippen molar-refractivity contribution in [3.05, 3.63) is 64.6 Å². The number of hydrogen-bond acceptors (Lipinski definition) is 3. The maximum absolute atomic E-state index is 13.4. The fourth-order valence-corrected chi connectivity index (χ4v) is 4.29. The highest BCUT2D eigenvalue weighted by Gasteiger charge is 2.28. The molecule has 0 bridgehead atoms. The molecule has 2 aromatic carbocycles. The van der Waals surface area contributed by atoms with Crippen LogP contribution in [0, 0.1) is 5.82 Å². The van der Waals surface area contributed by atoms with Crippen LogP contribution in [0.5, 0.6) is 0 Å². The lowest BCUT2D eigenvalue weighted by Gasteiger charge is -2.22. The first-order chi connectivity index (χ1) is 11.3. The number of para-hydroxylation sites is 1. The molecule has 0 spiro atoms. The Kier molecular flexibility index (Phi) is 4.50. The molecule has 0 aliphatic carbocycles. The first kappa shape index (κ1) is 17.1. The predicted molar refractivity (Wildman–Crippen MR) is 93.7 cm³/mol. The average Bonchev–Trinajstić information content (AvgIpc) is 2.99. The van der Waals surface area contributed by atoms with E-state index in [4.69, 9.17) is 4.42 Å². The van der Waals surface area contributed by atoms with E-state index in [1.165, 1.54) is 23.5 Å². The van der Waals surface area contributed by atoms with Gasteiger partial charge in [-0.25, -0.2) is 12.8 Å². The van der Waals surface area contributed by atoms with E-state index in [1.54, 1.807) is 6.92 Å². The molecule has 3 aromatic rings. The Labute approximate surface area is 148 Å². The molecule has 1 heterocycles. The van der Waals surface area contributed by atoms with E-state index in [-0.39, 0.29) is 9.37 Å². The van der Waals surface area contributed by atoms with E-state index in [9.17, 15) is 12.8 Å². The summed E-state index contributed by atoms with van der Waals surface area (Å²) >= 11 is 3.02. The predicted octanol–water partition coefficient (Wildman–Crippen LogP) is 4.72. The van der Waals surface area contributed by atoms with Crippen molar-refractivity contribution in [3.8, 4) is 0 Å². The Bertz CT molecular complexity index is 967. The molecule has 0 aliphatic rings. The highest BCUT2D eigenvalue weighted by Crippen LogP contribution is 2.31. The molecule has 0 aliphatic heterocycles. The van der Waals surface area contributed by atoms with Crippen molar-refractivity contribution in [1.29, 1.82) is 0 Å². The number of rotatable bonds is 4. The summed E-state index contributed by atoms with van der Waals surface area (Å²) in [4.78, 5) is 0.0150. The summed E-state index contributed by atoms with van der Waals surface area (Å²) < 4.78 is 46.0. The summed E-state index contributed by atoms with van der Waals surface area (Å²) in [6, 6.07) is 12.4. The minimum Gasteiger partial charge on any atom is -0.459 e. The van der Waals surface area contributed by atoms with Crippen LogP contribution in [0.25, 0.3) is 11.0 Å². The molecule has 1 atom stereocenters. The van der Waals surface area contributed by atoms with Gasteiger partial charge in [-0.2, -0.15) is 4.31 Å². The second-order valence-electron chi connectivity index (χ2n) is 5.46. The lowest BCUT2D eigenvalue weighted by Crippen LogP contribution is -2.29. The summed E-state index contributed by atoms with van der Waals surface area (Å²) in [5.74, 6) is 0.0328. The molecule has 0 amide bonds. The van der Waals surface area contributed by atoms with Gasteiger partial charge in [0.15, 0.2) is 0 Å². The van der Waals surface area contributed by atoms with Crippen molar-refractivity contribution in [1.82, 2.24) is 4.31 Å². The number of sulfonamides is 1. The van der Waals surface area contributed by atoms with Gasteiger partial charge in [0, 0.05) is 12.4 Å².